The summed E-state index contributed by atoms with van der Waals surface area (Å²) in [7, 11) is 0. The highest BCUT2D eigenvalue weighted by molar-refractivity contribution is 6.03. The van der Waals surface area contributed by atoms with Crippen molar-refractivity contribution in [3.8, 4) is 0 Å². The van der Waals surface area contributed by atoms with E-state index in [1.54, 1.807) is 6.07 Å². The molecule has 3 rings (SSSR count). The Bertz CT molecular complexity index is 736. The van der Waals surface area contributed by atoms with Crippen LogP contribution >= 0.6 is 0 Å². The second-order valence-corrected chi connectivity index (χ2v) is 6.65. The lowest BCUT2D eigenvalue weighted by molar-refractivity contribution is 0.102. The SMILES string of the molecule is Cc1cccc(NC(=O)c2cc(N3CCC(C)CC3)nc(C)n2)c1. The molecule has 2 aromatic rings. The van der Waals surface area contributed by atoms with Crippen LogP contribution in [0.4, 0.5) is 11.5 Å². The maximum atomic E-state index is 12.5. The monoisotopic (exact) mass is 324 g/mol. The number of nitrogens with zero attached hydrogens (tertiary/aromatic N) is 3. The molecule has 1 aliphatic heterocycles. The van der Waals surface area contributed by atoms with Gasteiger partial charge < -0.3 is 10.2 Å². The first kappa shape index (κ1) is 16.4. The summed E-state index contributed by atoms with van der Waals surface area (Å²) >= 11 is 0. The van der Waals surface area contributed by atoms with Gasteiger partial charge in [-0.3, -0.25) is 4.79 Å². The highest BCUT2D eigenvalue weighted by Gasteiger charge is 2.19. The Morgan fingerprint density at radius 2 is 1.92 bits per heavy atom. The van der Waals surface area contributed by atoms with Gasteiger partial charge in [0.15, 0.2) is 0 Å². The summed E-state index contributed by atoms with van der Waals surface area (Å²) in [5.74, 6) is 2.04. The van der Waals surface area contributed by atoms with Gasteiger partial charge in [0, 0.05) is 24.8 Å². The number of aryl methyl sites for hydroxylation is 2. The van der Waals surface area contributed by atoms with E-state index in [4.69, 9.17) is 0 Å². The zero-order valence-electron chi connectivity index (χ0n) is 14.5. The van der Waals surface area contributed by atoms with Crippen LogP contribution < -0.4 is 10.2 Å². The number of carbonyl (C=O) groups is 1. The molecule has 1 saturated heterocycles. The first-order chi connectivity index (χ1) is 11.5. The summed E-state index contributed by atoms with van der Waals surface area (Å²) < 4.78 is 0. The van der Waals surface area contributed by atoms with Gasteiger partial charge in [-0.1, -0.05) is 19.1 Å². The molecule has 0 unspecified atom stereocenters. The van der Waals surface area contributed by atoms with E-state index in [2.05, 4.69) is 27.1 Å². The summed E-state index contributed by atoms with van der Waals surface area (Å²) in [6, 6.07) is 9.55. The fourth-order valence-electron chi connectivity index (χ4n) is 2.99. The molecule has 0 aliphatic carbocycles. The molecule has 126 valence electrons. The van der Waals surface area contributed by atoms with Crippen molar-refractivity contribution >= 4 is 17.4 Å². The number of aromatic nitrogens is 2. The second kappa shape index (κ2) is 6.99. The lowest BCUT2D eigenvalue weighted by Gasteiger charge is -2.31. The van der Waals surface area contributed by atoms with E-state index in [0.29, 0.717) is 11.5 Å². The smallest absolute Gasteiger partial charge is 0.274 e. The van der Waals surface area contributed by atoms with Gasteiger partial charge >= 0.3 is 0 Å². The molecule has 1 aromatic heterocycles. The molecular formula is C19H24N4O. The molecule has 5 nitrogen and oxygen atoms in total. The Labute approximate surface area is 143 Å². The van der Waals surface area contributed by atoms with Crippen LogP contribution in [0.5, 0.6) is 0 Å². The van der Waals surface area contributed by atoms with Crippen LogP contribution in [0.2, 0.25) is 0 Å². The molecular weight excluding hydrogens is 300 g/mol. The van der Waals surface area contributed by atoms with Crippen molar-refractivity contribution in [3.63, 3.8) is 0 Å². The zero-order valence-corrected chi connectivity index (χ0v) is 14.5. The van der Waals surface area contributed by atoms with Crippen LogP contribution in [0.15, 0.2) is 30.3 Å². The highest BCUT2D eigenvalue weighted by Crippen LogP contribution is 2.22. The summed E-state index contributed by atoms with van der Waals surface area (Å²) in [5.41, 5.74) is 2.30. The number of amides is 1. The maximum absolute atomic E-state index is 12.5. The fourth-order valence-corrected chi connectivity index (χ4v) is 2.99. The second-order valence-electron chi connectivity index (χ2n) is 6.65. The van der Waals surface area contributed by atoms with Gasteiger partial charge in [0.25, 0.3) is 5.91 Å². The van der Waals surface area contributed by atoms with Crippen molar-refractivity contribution in [3.05, 3.63) is 47.4 Å². The predicted octanol–water partition coefficient (Wildman–Crippen LogP) is 3.58. The standard InChI is InChI=1S/C19H24N4O/c1-13-7-9-23(10-8-13)18-12-17(20-15(3)21-18)19(24)22-16-6-4-5-14(2)11-16/h4-6,11-13H,7-10H2,1-3H3,(H,22,24). The minimum Gasteiger partial charge on any atom is -0.356 e. The van der Waals surface area contributed by atoms with Crippen molar-refractivity contribution in [1.82, 2.24) is 9.97 Å². The average Bonchev–Trinajstić information content (AvgIpc) is 2.55. The predicted molar refractivity (Wildman–Crippen MR) is 96.5 cm³/mol. The van der Waals surface area contributed by atoms with Crippen LogP contribution in [0, 0.1) is 19.8 Å². The molecule has 1 N–H and O–H groups in total. The summed E-state index contributed by atoms with van der Waals surface area (Å²) in [6.07, 6.45) is 2.32. The average molecular weight is 324 g/mol. The van der Waals surface area contributed by atoms with E-state index >= 15 is 0 Å². The Hall–Kier alpha value is -2.43. The van der Waals surface area contributed by atoms with Gasteiger partial charge in [-0.25, -0.2) is 9.97 Å². The van der Waals surface area contributed by atoms with Crippen molar-refractivity contribution in [2.24, 2.45) is 5.92 Å². The van der Waals surface area contributed by atoms with Gasteiger partial charge in [0.2, 0.25) is 0 Å². The Morgan fingerprint density at radius 3 is 2.62 bits per heavy atom. The molecule has 2 heterocycles. The summed E-state index contributed by atoms with van der Waals surface area (Å²) in [5, 5.41) is 2.92. The Balaban J connectivity index is 1.79. The number of nitrogens with one attached hydrogen (secondary N) is 1. The van der Waals surface area contributed by atoms with Gasteiger partial charge in [-0.15, -0.1) is 0 Å². The van der Waals surface area contributed by atoms with Gasteiger partial charge in [0.1, 0.15) is 17.3 Å². The van der Waals surface area contributed by atoms with Crippen LogP contribution in [0.1, 0.15) is 41.6 Å². The molecule has 0 bridgehead atoms. The van der Waals surface area contributed by atoms with Crippen molar-refractivity contribution in [2.45, 2.75) is 33.6 Å². The molecule has 1 aromatic carbocycles. The van der Waals surface area contributed by atoms with Gasteiger partial charge in [-0.2, -0.15) is 0 Å². The van der Waals surface area contributed by atoms with Gasteiger partial charge in [-0.05, 0) is 50.3 Å². The summed E-state index contributed by atoms with van der Waals surface area (Å²) in [4.78, 5) is 23.6. The van der Waals surface area contributed by atoms with Crippen molar-refractivity contribution in [2.75, 3.05) is 23.3 Å². The summed E-state index contributed by atoms with van der Waals surface area (Å²) in [6.45, 7) is 8.08. The molecule has 0 atom stereocenters. The van der Waals surface area contributed by atoms with Crippen LogP contribution in [0.3, 0.4) is 0 Å². The molecule has 1 aliphatic rings. The molecule has 0 saturated carbocycles. The first-order valence-corrected chi connectivity index (χ1v) is 8.50. The number of benzene rings is 1. The normalized spacial score (nSPS) is 15.4. The van der Waals surface area contributed by atoms with Crippen molar-refractivity contribution in [1.29, 1.82) is 0 Å². The minimum absolute atomic E-state index is 0.197. The molecule has 1 amide bonds. The topological polar surface area (TPSA) is 58.1 Å². The number of piperidine rings is 1. The third-order valence-electron chi connectivity index (χ3n) is 4.44. The Kier molecular flexibility index (Phi) is 4.79. The van der Waals surface area contributed by atoms with E-state index in [9.17, 15) is 4.79 Å². The quantitative estimate of drug-likeness (QED) is 0.937. The maximum Gasteiger partial charge on any atom is 0.274 e. The largest absolute Gasteiger partial charge is 0.356 e. The number of carbonyl (C=O) groups excluding carboxylic acids is 1. The first-order valence-electron chi connectivity index (χ1n) is 8.50. The minimum atomic E-state index is -0.197. The molecule has 0 spiro atoms. The lowest BCUT2D eigenvalue weighted by Crippen LogP contribution is -2.34. The van der Waals surface area contributed by atoms with E-state index in [1.165, 1.54) is 0 Å². The molecule has 5 heteroatoms. The highest BCUT2D eigenvalue weighted by atomic mass is 16.1. The van der Waals surface area contributed by atoms with E-state index < -0.39 is 0 Å². The molecule has 0 radical (unpaired) electrons. The van der Waals surface area contributed by atoms with E-state index in [1.807, 2.05) is 38.1 Å². The number of hydrogen-bond donors (Lipinski definition) is 1. The third-order valence-corrected chi connectivity index (χ3v) is 4.44. The Morgan fingerprint density at radius 1 is 1.17 bits per heavy atom. The van der Waals surface area contributed by atoms with Crippen molar-refractivity contribution < 1.29 is 4.79 Å². The van der Waals surface area contributed by atoms with E-state index in [-0.39, 0.29) is 5.91 Å². The van der Waals surface area contributed by atoms with Gasteiger partial charge in [0.05, 0.1) is 0 Å². The third kappa shape index (κ3) is 3.91. The number of anilines is 2. The number of rotatable bonds is 3. The number of hydrogen-bond acceptors (Lipinski definition) is 4. The van der Waals surface area contributed by atoms with Crippen LogP contribution in [-0.2, 0) is 0 Å². The fraction of sp³-hybridized carbons (Fsp3) is 0.421. The zero-order chi connectivity index (χ0) is 17.1. The van der Waals surface area contributed by atoms with Crippen LogP contribution in [-0.4, -0.2) is 29.0 Å². The molecule has 1 fully saturated rings. The van der Waals surface area contributed by atoms with Crippen LogP contribution in [0.25, 0.3) is 0 Å². The van der Waals surface area contributed by atoms with E-state index in [0.717, 1.165) is 48.9 Å². The lowest BCUT2D eigenvalue weighted by atomic mass is 9.99. The molecule has 24 heavy (non-hydrogen) atoms.